The van der Waals surface area contributed by atoms with Crippen LogP contribution in [0.5, 0.6) is 0 Å². The molecule has 3 rings (SSSR count). The van der Waals surface area contributed by atoms with Gasteiger partial charge in [-0.1, -0.05) is 0 Å². The summed E-state index contributed by atoms with van der Waals surface area (Å²) in [6.45, 7) is 2.99. The van der Waals surface area contributed by atoms with Crippen LogP contribution in [0, 0.1) is 0 Å². The predicted molar refractivity (Wildman–Crippen MR) is 84.5 cm³/mol. The van der Waals surface area contributed by atoms with Crippen molar-refractivity contribution in [2.45, 2.75) is 25.4 Å². The minimum absolute atomic E-state index is 0.0232. The number of aryl methyl sites for hydroxylation is 1. The molecule has 3 heterocycles. The lowest BCUT2D eigenvalue weighted by atomic mass is 9.90. The van der Waals surface area contributed by atoms with Gasteiger partial charge in [0.05, 0.1) is 29.8 Å². The highest BCUT2D eigenvalue weighted by Gasteiger charge is 2.44. The van der Waals surface area contributed by atoms with E-state index in [1.54, 1.807) is 35.9 Å². The van der Waals surface area contributed by atoms with Crippen LogP contribution >= 0.6 is 0 Å². The SMILES string of the molecule is CCS(=O)(=O)N1CCC2(CC1)CN(c1cnn(C)c1)C(=O)CO2. The highest BCUT2D eigenvalue weighted by Crippen LogP contribution is 2.33. The highest BCUT2D eigenvalue weighted by molar-refractivity contribution is 7.89. The maximum Gasteiger partial charge on any atom is 0.253 e. The van der Waals surface area contributed by atoms with Gasteiger partial charge in [-0.15, -0.1) is 0 Å². The van der Waals surface area contributed by atoms with Crippen molar-refractivity contribution in [3.05, 3.63) is 12.4 Å². The Kier molecular flexibility index (Phi) is 4.19. The van der Waals surface area contributed by atoms with Crippen LogP contribution in [0.2, 0.25) is 0 Å². The van der Waals surface area contributed by atoms with Gasteiger partial charge in [0.2, 0.25) is 10.0 Å². The quantitative estimate of drug-likeness (QED) is 0.770. The van der Waals surface area contributed by atoms with E-state index in [2.05, 4.69) is 5.10 Å². The summed E-state index contributed by atoms with van der Waals surface area (Å²) in [7, 11) is -1.36. The molecule has 0 N–H and O–H groups in total. The standard InChI is InChI=1S/C14H22N4O4S/c1-3-23(20,21)17-6-4-14(5-7-17)11-18(13(19)10-22-14)12-8-15-16(2)9-12/h8-9H,3-7,10-11H2,1-2H3. The summed E-state index contributed by atoms with van der Waals surface area (Å²) in [5.74, 6) is 0.0217. The number of nitrogens with zero attached hydrogens (tertiary/aromatic N) is 4. The van der Waals surface area contributed by atoms with Crippen LogP contribution < -0.4 is 4.90 Å². The lowest BCUT2D eigenvalue weighted by Gasteiger charge is -2.46. The normalized spacial score (nSPS) is 22.7. The number of carbonyl (C=O) groups is 1. The van der Waals surface area contributed by atoms with Crippen LogP contribution in [0.15, 0.2) is 12.4 Å². The summed E-state index contributed by atoms with van der Waals surface area (Å²) >= 11 is 0. The van der Waals surface area contributed by atoms with Crippen molar-refractivity contribution in [1.29, 1.82) is 0 Å². The van der Waals surface area contributed by atoms with E-state index in [1.807, 2.05) is 0 Å². The van der Waals surface area contributed by atoms with Gasteiger partial charge in [0.15, 0.2) is 0 Å². The number of morpholine rings is 1. The Hall–Kier alpha value is -1.45. The van der Waals surface area contributed by atoms with Gasteiger partial charge in [-0.3, -0.25) is 9.48 Å². The first-order valence-electron chi connectivity index (χ1n) is 7.76. The zero-order valence-electron chi connectivity index (χ0n) is 13.4. The molecule has 2 aliphatic rings. The molecule has 0 aliphatic carbocycles. The summed E-state index contributed by atoms with van der Waals surface area (Å²) in [5.41, 5.74) is 0.285. The van der Waals surface area contributed by atoms with Crippen LogP contribution in [-0.2, 0) is 26.6 Å². The van der Waals surface area contributed by atoms with Gasteiger partial charge >= 0.3 is 0 Å². The van der Waals surface area contributed by atoms with Crippen LogP contribution in [0.4, 0.5) is 5.69 Å². The molecule has 0 saturated carbocycles. The first-order valence-corrected chi connectivity index (χ1v) is 9.37. The van der Waals surface area contributed by atoms with Gasteiger partial charge < -0.3 is 9.64 Å². The topological polar surface area (TPSA) is 84.7 Å². The van der Waals surface area contributed by atoms with E-state index < -0.39 is 15.6 Å². The van der Waals surface area contributed by atoms with E-state index in [0.29, 0.717) is 32.5 Å². The van der Waals surface area contributed by atoms with E-state index >= 15 is 0 Å². The number of rotatable bonds is 3. The largest absolute Gasteiger partial charge is 0.363 e. The summed E-state index contributed by atoms with van der Waals surface area (Å²) in [6, 6.07) is 0. The van der Waals surface area contributed by atoms with Crippen LogP contribution in [-0.4, -0.2) is 66.0 Å². The molecule has 9 heteroatoms. The Bertz CT molecular complexity index is 691. The smallest absolute Gasteiger partial charge is 0.253 e. The Morgan fingerprint density at radius 1 is 1.35 bits per heavy atom. The second-order valence-electron chi connectivity index (χ2n) is 6.12. The molecule has 1 spiro atoms. The van der Waals surface area contributed by atoms with Crippen LogP contribution in [0.3, 0.4) is 0 Å². The highest BCUT2D eigenvalue weighted by atomic mass is 32.2. The Morgan fingerprint density at radius 3 is 2.61 bits per heavy atom. The molecule has 1 aromatic rings. The molecule has 128 valence electrons. The van der Waals surface area contributed by atoms with Crippen molar-refractivity contribution in [3.8, 4) is 0 Å². The molecule has 0 bridgehead atoms. The average Bonchev–Trinajstić information content (AvgIpc) is 2.97. The average molecular weight is 342 g/mol. The first kappa shape index (κ1) is 16.4. The fourth-order valence-electron chi connectivity index (χ4n) is 3.15. The van der Waals surface area contributed by atoms with Crippen LogP contribution in [0.1, 0.15) is 19.8 Å². The molecule has 23 heavy (non-hydrogen) atoms. The number of sulfonamides is 1. The van der Waals surface area contributed by atoms with Gasteiger partial charge in [-0.05, 0) is 19.8 Å². The number of hydrogen-bond acceptors (Lipinski definition) is 5. The fraction of sp³-hybridized carbons (Fsp3) is 0.714. The molecule has 0 atom stereocenters. The molecule has 2 saturated heterocycles. The minimum Gasteiger partial charge on any atom is -0.363 e. The van der Waals surface area contributed by atoms with E-state index in [4.69, 9.17) is 4.74 Å². The molecule has 8 nitrogen and oxygen atoms in total. The third kappa shape index (κ3) is 3.13. The fourth-order valence-corrected chi connectivity index (χ4v) is 4.26. The maximum absolute atomic E-state index is 12.2. The van der Waals surface area contributed by atoms with Crippen molar-refractivity contribution in [1.82, 2.24) is 14.1 Å². The number of aromatic nitrogens is 2. The van der Waals surface area contributed by atoms with Crippen molar-refractivity contribution in [3.63, 3.8) is 0 Å². The van der Waals surface area contributed by atoms with Gasteiger partial charge in [0, 0.05) is 26.3 Å². The summed E-state index contributed by atoms with van der Waals surface area (Å²) < 4.78 is 33.0. The van der Waals surface area contributed by atoms with E-state index in [-0.39, 0.29) is 18.3 Å². The molecule has 0 aromatic carbocycles. The van der Waals surface area contributed by atoms with Gasteiger partial charge in [-0.25, -0.2) is 12.7 Å². The number of anilines is 1. The third-order valence-electron chi connectivity index (χ3n) is 4.64. The number of amides is 1. The molecular formula is C14H22N4O4S. The number of ether oxygens (including phenoxy) is 1. The monoisotopic (exact) mass is 342 g/mol. The van der Waals surface area contributed by atoms with Crippen molar-refractivity contribution < 1.29 is 17.9 Å². The van der Waals surface area contributed by atoms with Crippen LogP contribution in [0.25, 0.3) is 0 Å². The molecular weight excluding hydrogens is 320 g/mol. The van der Waals surface area contributed by atoms with Gasteiger partial charge in [0.1, 0.15) is 6.61 Å². The minimum atomic E-state index is -3.17. The van der Waals surface area contributed by atoms with Gasteiger partial charge in [0.25, 0.3) is 5.91 Å². The maximum atomic E-state index is 12.2. The third-order valence-corrected chi connectivity index (χ3v) is 6.53. The zero-order chi connectivity index (χ0) is 16.7. The molecule has 1 amide bonds. The lowest BCUT2D eigenvalue weighted by Crippen LogP contribution is -2.59. The first-order chi connectivity index (χ1) is 10.9. The van der Waals surface area contributed by atoms with E-state index in [1.165, 1.54) is 4.31 Å². The van der Waals surface area contributed by atoms with E-state index in [9.17, 15) is 13.2 Å². The molecule has 1 aromatic heterocycles. The molecule has 2 aliphatic heterocycles. The Balaban J connectivity index is 1.73. The Morgan fingerprint density at radius 2 is 2.04 bits per heavy atom. The van der Waals surface area contributed by atoms with Crippen molar-refractivity contribution in [2.24, 2.45) is 7.05 Å². The summed E-state index contributed by atoms with van der Waals surface area (Å²) in [4.78, 5) is 13.9. The van der Waals surface area contributed by atoms with Crippen molar-refractivity contribution in [2.75, 3.05) is 36.9 Å². The van der Waals surface area contributed by atoms with E-state index in [0.717, 1.165) is 5.69 Å². The molecule has 2 fully saturated rings. The second-order valence-corrected chi connectivity index (χ2v) is 8.38. The molecule has 0 radical (unpaired) electrons. The molecule has 0 unspecified atom stereocenters. The number of hydrogen-bond donors (Lipinski definition) is 0. The van der Waals surface area contributed by atoms with Crippen molar-refractivity contribution >= 4 is 21.6 Å². The zero-order valence-corrected chi connectivity index (χ0v) is 14.3. The Labute approximate surface area is 136 Å². The summed E-state index contributed by atoms with van der Waals surface area (Å²) in [6.07, 6.45) is 4.65. The van der Waals surface area contributed by atoms with Gasteiger partial charge in [-0.2, -0.15) is 5.10 Å². The number of carbonyl (C=O) groups excluding carboxylic acids is 1. The second kappa shape index (κ2) is 5.88. The number of piperidine rings is 1. The summed E-state index contributed by atoms with van der Waals surface area (Å²) in [5, 5.41) is 4.11. The lowest BCUT2D eigenvalue weighted by molar-refractivity contribution is -0.143. The predicted octanol–water partition coefficient (Wildman–Crippen LogP) is -0.0324.